The number of benzene rings is 1. The van der Waals surface area contributed by atoms with Crippen LogP contribution in [0.1, 0.15) is 10.4 Å². The molecule has 18 heavy (non-hydrogen) atoms. The average Bonchev–Trinajstić information content (AvgIpc) is 2.67. The van der Waals surface area contributed by atoms with E-state index in [1.807, 2.05) is 13.8 Å². The van der Waals surface area contributed by atoms with E-state index in [-0.39, 0.29) is 4.90 Å². The lowest BCUT2D eigenvalue weighted by Crippen LogP contribution is -2.12. The topological polar surface area (TPSA) is 59.1 Å². The average molecular weight is 347 g/mol. The zero-order valence-electron chi connectivity index (χ0n) is 9.77. The van der Waals surface area contributed by atoms with Crippen molar-refractivity contribution in [3.63, 3.8) is 0 Å². The van der Waals surface area contributed by atoms with Gasteiger partial charge in [-0.2, -0.15) is 0 Å². The third-order valence-electron chi connectivity index (χ3n) is 2.28. The third kappa shape index (κ3) is 2.90. The molecular weight excluding hydrogens is 336 g/mol. The van der Waals surface area contributed by atoms with Gasteiger partial charge in [-0.25, -0.2) is 13.4 Å². The van der Waals surface area contributed by atoms with Crippen LogP contribution in [0.3, 0.4) is 0 Å². The van der Waals surface area contributed by atoms with Crippen molar-refractivity contribution in [1.82, 2.24) is 4.98 Å². The molecule has 0 amide bonds. The fourth-order valence-electron chi connectivity index (χ4n) is 1.36. The summed E-state index contributed by atoms with van der Waals surface area (Å²) in [5, 5.41) is 0.382. The van der Waals surface area contributed by atoms with E-state index in [1.165, 1.54) is 11.3 Å². The van der Waals surface area contributed by atoms with Crippen molar-refractivity contribution in [3.8, 4) is 0 Å². The number of thiazole rings is 1. The maximum atomic E-state index is 12.1. The molecule has 0 aliphatic rings. The number of hydrogen-bond acceptors (Lipinski definition) is 4. The van der Waals surface area contributed by atoms with Gasteiger partial charge in [0.2, 0.25) is 0 Å². The summed E-state index contributed by atoms with van der Waals surface area (Å²) in [6, 6.07) is 4.89. The lowest BCUT2D eigenvalue weighted by atomic mass is 10.2. The molecule has 1 heterocycles. The van der Waals surface area contributed by atoms with Gasteiger partial charge in [-0.3, -0.25) is 4.72 Å². The van der Waals surface area contributed by atoms with E-state index in [0.717, 1.165) is 14.9 Å². The fourth-order valence-corrected chi connectivity index (χ4v) is 3.60. The SMILES string of the molecule is Cc1cnc(NS(=O)(=O)c2ccc(Br)c(C)c2)s1. The molecule has 2 rings (SSSR count). The van der Waals surface area contributed by atoms with Crippen LogP contribution in [0.4, 0.5) is 5.13 Å². The van der Waals surface area contributed by atoms with Crippen molar-refractivity contribution in [3.05, 3.63) is 39.3 Å². The van der Waals surface area contributed by atoms with E-state index >= 15 is 0 Å². The number of anilines is 1. The van der Waals surface area contributed by atoms with Crippen molar-refractivity contribution in [1.29, 1.82) is 0 Å². The first kappa shape index (κ1) is 13.5. The molecule has 0 atom stereocenters. The van der Waals surface area contributed by atoms with Gasteiger partial charge in [0.1, 0.15) is 0 Å². The summed E-state index contributed by atoms with van der Waals surface area (Å²) in [4.78, 5) is 5.18. The summed E-state index contributed by atoms with van der Waals surface area (Å²) in [7, 11) is -3.56. The Bertz CT molecular complexity index is 680. The van der Waals surface area contributed by atoms with Gasteiger partial charge in [-0.1, -0.05) is 15.9 Å². The predicted molar refractivity (Wildman–Crippen MR) is 76.5 cm³/mol. The molecule has 0 spiro atoms. The molecule has 1 aromatic heterocycles. The van der Waals surface area contributed by atoms with E-state index in [4.69, 9.17) is 0 Å². The summed E-state index contributed by atoms with van der Waals surface area (Å²) in [6.45, 7) is 3.72. The number of halogens is 1. The maximum Gasteiger partial charge on any atom is 0.263 e. The molecular formula is C11H11BrN2O2S2. The zero-order valence-corrected chi connectivity index (χ0v) is 13.0. The molecule has 0 fully saturated rings. The number of nitrogens with zero attached hydrogens (tertiary/aromatic N) is 1. The Hall–Kier alpha value is -0.920. The first-order valence-electron chi connectivity index (χ1n) is 5.10. The molecule has 7 heteroatoms. The highest BCUT2D eigenvalue weighted by atomic mass is 79.9. The molecule has 0 saturated heterocycles. The Morgan fingerprint density at radius 2 is 2.06 bits per heavy atom. The van der Waals surface area contributed by atoms with E-state index in [9.17, 15) is 8.42 Å². The Balaban J connectivity index is 2.33. The standard InChI is InChI=1S/C11H11BrN2O2S2/c1-7-5-9(3-4-10(7)12)18(15,16)14-11-13-6-8(2)17-11/h3-6H,1-2H3,(H,13,14). The second-order valence-corrected chi connectivity index (χ2v) is 7.56. The molecule has 0 bridgehead atoms. The van der Waals surface area contributed by atoms with Crippen LogP contribution in [0.15, 0.2) is 33.8 Å². The Kier molecular flexibility index (Phi) is 3.74. The summed E-state index contributed by atoms with van der Waals surface area (Å²) < 4.78 is 27.6. The van der Waals surface area contributed by atoms with Gasteiger partial charge in [0.25, 0.3) is 10.0 Å². The van der Waals surface area contributed by atoms with Crippen LogP contribution in [0.25, 0.3) is 0 Å². The quantitative estimate of drug-likeness (QED) is 0.927. The number of rotatable bonds is 3. The normalized spacial score (nSPS) is 11.5. The van der Waals surface area contributed by atoms with E-state index in [1.54, 1.807) is 24.4 Å². The molecule has 0 unspecified atom stereocenters. The molecule has 0 aliphatic carbocycles. The van der Waals surface area contributed by atoms with Crippen molar-refractivity contribution >= 4 is 42.4 Å². The summed E-state index contributed by atoms with van der Waals surface area (Å²) in [5.74, 6) is 0. The highest BCUT2D eigenvalue weighted by molar-refractivity contribution is 9.10. The molecule has 1 aromatic carbocycles. The molecule has 0 saturated carbocycles. The highest BCUT2D eigenvalue weighted by Gasteiger charge is 2.16. The van der Waals surface area contributed by atoms with Crippen LogP contribution >= 0.6 is 27.3 Å². The number of nitrogens with one attached hydrogen (secondary N) is 1. The van der Waals surface area contributed by atoms with Gasteiger partial charge in [-0.15, -0.1) is 11.3 Å². The maximum absolute atomic E-state index is 12.1. The van der Waals surface area contributed by atoms with Crippen LogP contribution in [0.5, 0.6) is 0 Å². The molecule has 0 radical (unpaired) electrons. The third-order valence-corrected chi connectivity index (χ3v) is 5.47. The Labute approximate surface area is 118 Å². The largest absolute Gasteiger partial charge is 0.263 e. The van der Waals surface area contributed by atoms with E-state index in [2.05, 4.69) is 25.6 Å². The van der Waals surface area contributed by atoms with Gasteiger partial charge < -0.3 is 0 Å². The van der Waals surface area contributed by atoms with Crippen LogP contribution in [0.2, 0.25) is 0 Å². The number of aromatic nitrogens is 1. The second-order valence-electron chi connectivity index (χ2n) is 3.79. The summed E-state index contributed by atoms with van der Waals surface area (Å²) in [5.41, 5.74) is 0.869. The van der Waals surface area contributed by atoms with Crippen LogP contribution in [0, 0.1) is 13.8 Å². The molecule has 2 aromatic rings. The minimum Gasteiger partial charge on any atom is -0.255 e. The second kappa shape index (κ2) is 4.99. The van der Waals surface area contributed by atoms with Crippen molar-refractivity contribution < 1.29 is 8.42 Å². The van der Waals surface area contributed by atoms with Crippen LogP contribution < -0.4 is 4.72 Å². The monoisotopic (exact) mass is 346 g/mol. The number of aryl methyl sites for hydroxylation is 2. The smallest absolute Gasteiger partial charge is 0.255 e. The van der Waals surface area contributed by atoms with Crippen molar-refractivity contribution in [2.75, 3.05) is 4.72 Å². The number of sulfonamides is 1. The van der Waals surface area contributed by atoms with Gasteiger partial charge in [0.05, 0.1) is 4.90 Å². The lowest BCUT2D eigenvalue weighted by Gasteiger charge is -2.06. The summed E-state index contributed by atoms with van der Waals surface area (Å²) >= 11 is 4.65. The minimum atomic E-state index is -3.56. The van der Waals surface area contributed by atoms with Crippen LogP contribution in [-0.2, 0) is 10.0 Å². The van der Waals surface area contributed by atoms with Gasteiger partial charge in [-0.05, 0) is 37.6 Å². The Morgan fingerprint density at radius 3 is 2.61 bits per heavy atom. The minimum absolute atomic E-state index is 0.232. The van der Waals surface area contributed by atoms with Gasteiger partial charge in [0, 0.05) is 15.5 Å². The fraction of sp³-hybridized carbons (Fsp3) is 0.182. The zero-order chi connectivity index (χ0) is 13.3. The molecule has 4 nitrogen and oxygen atoms in total. The lowest BCUT2D eigenvalue weighted by molar-refractivity contribution is 0.601. The van der Waals surface area contributed by atoms with Crippen molar-refractivity contribution in [2.24, 2.45) is 0 Å². The molecule has 0 aliphatic heterocycles. The molecule has 1 N–H and O–H groups in total. The van der Waals surface area contributed by atoms with Gasteiger partial charge in [0.15, 0.2) is 5.13 Å². The Morgan fingerprint density at radius 1 is 1.33 bits per heavy atom. The molecule has 96 valence electrons. The number of hydrogen-bond donors (Lipinski definition) is 1. The van der Waals surface area contributed by atoms with Gasteiger partial charge >= 0.3 is 0 Å². The van der Waals surface area contributed by atoms with E-state index < -0.39 is 10.0 Å². The predicted octanol–water partition coefficient (Wildman–Crippen LogP) is 3.32. The first-order chi connectivity index (χ1) is 8.38. The van der Waals surface area contributed by atoms with Crippen LogP contribution in [-0.4, -0.2) is 13.4 Å². The summed E-state index contributed by atoms with van der Waals surface area (Å²) in [6.07, 6.45) is 1.63. The van der Waals surface area contributed by atoms with E-state index in [0.29, 0.717) is 5.13 Å². The van der Waals surface area contributed by atoms with Crippen molar-refractivity contribution in [2.45, 2.75) is 18.7 Å². The highest BCUT2D eigenvalue weighted by Crippen LogP contribution is 2.24. The first-order valence-corrected chi connectivity index (χ1v) is 8.19.